The molecule has 16 heavy (non-hydrogen) atoms. The lowest BCUT2D eigenvalue weighted by molar-refractivity contribution is 0.555. The molecular weight excluding hydrogens is 205 g/mol. The summed E-state index contributed by atoms with van der Waals surface area (Å²) in [5.41, 5.74) is 4.01. The van der Waals surface area contributed by atoms with Gasteiger partial charge in [0.15, 0.2) is 0 Å². The summed E-state index contributed by atoms with van der Waals surface area (Å²) in [6, 6.07) is 10.7. The lowest BCUT2D eigenvalue weighted by Crippen LogP contribution is -2.29. The lowest BCUT2D eigenvalue weighted by Gasteiger charge is -2.16. The third-order valence-corrected chi connectivity index (χ3v) is 2.41. The number of rotatable bonds is 3. The number of aromatic nitrogens is 1. The molecule has 1 aromatic heterocycles. The van der Waals surface area contributed by atoms with Crippen LogP contribution >= 0.6 is 0 Å². The molecule has 1 atom stereocenters. The van der Waals surface area contributed by atoms with Crippen molar-refractivity contribution in [2.24, 2.45) is 5.84 Å². The molecule has 0 saturated heterocycles. The van der Waals surface area contributed by atoms with Gasteiger partial charge in [-0.1, -0.05) is 30.3 Å². The van der Waals surface area contributed by atoms with Gasteiger partial charge in [0.1, 0.15) is 5.82 Å². The highest BCUT2D eigenvalue weighted by Gasteiger charge is 2.15. The number of hydrogen-bond acceptors (Lipinski definition) is 3. The maximum Gasteiger partial charge on any atom is 0.146 e. The smallest absolute Gasteiger partial charge is 0.146 e. The zero-order chi connectivity index (χ0) is 11.4. The van der Waals surface area contributed by atoms with Gasteiger partial charge >= 0.3 is 0 Å². The number of nitrogens with zero attached hydrogens (tertiary/aromatic N) is 1. The number of pyridine rings is 1. The fourth-order valence-electron chi connectivity index (χ4n) is 1.63. The average Bonchev–Trinajstić information content (AvgIpc) is 2.34. The van der Waals surface area contributed by atoms with Crippen LogP contribution in [0.25, 0.3) is 0 Å². The molecule has 0 fully saturated rings. The summed E-state index contributed by atoms with van der Waals surface area (Å²) in [5, 5.41) is 0. The predicted molar refractivity (Wildman–Crippen MR) is 59.8 cm³/mol. The largest absolute Gasteiger partial charge is 0.271 e. The minimum Gasteiger partial charge on any atom is -0.271 e. The first-order chi connectivity index (χ1) is 7.83. The molecule has 0 aliphatic carbocycles. The van der Waals surface area contributed by atoms with Crippen molar-refractivity contribution in [3.63, 3.8) is 0 Å². The Hall–Kier alpha value is -1.78. The van der Waals surface area contributed by atoms with Gasteiger partial charge in [0.05, 0.1) is 12.2 Å². The van der Waals surface area contributed by atoms with Crippen LogP contribution in [-0.2, 0) is 0 Å². The van der Waals surface area contributed by atoms with Crippen LogP contribution in [0.4, 0.5) is 4.39 Å². The van der Waals surface area contributed by atoms with Crippen molar-refractivity contribution in [3.8, 4) is 0 Å². The monoisotopic (exact) mass is 217 g/mol. The van der Waals surface area contributed by atoms with E-state index in [0.29, 0.717) is 5.56 Å². The van der Waals surface area contributed by atoms with Gasteiger partial charge in [0.25, 0.3) is 0 Å². The first kappa shape index (κ1) is 10.7. The average molecular weight is 217 g/mol. The van der Waals surface area contributed by atoms with Crippen LogP contribution in [0.1, 0.15) is 17.2 Å². The van der Waals surface area contributed by atoms with E-state index in [0.717, 1.165) is 5.56 Å². The number of halogens is 1. The number of benzene rings is 1. The molecule has 0 amide bonds. The molecule has 0 radical (unpaired) electrons. The van der Waals surface area contributed by atoms with E-state index in [1.807, 2.05) is 30.3 Å². The fraction of sp³-hybridized carbons (Fsp3) is 0.0833. The third kappa shape index (κ3) is 2.08. The molecule has 82 valence electrons. The zero-order valence-electron chi connectivity index (χ0n) is 8.60. The molecule has 3 nitrogen and oxygen atoms in total. The van der Waals surface area contributed by atoms with Crippen molar-refractivity contribution in [1.29, 1.82) is 0 Å². The minimum absolute atomic E-state index is 0.357. The topological polar surface area (TPSA) is 50.9 Å². The van der Waals surface area contributed by atoms with Crippen molar-refractivity contribution in [3.05, 3.63) is 65.7 Å². The van der Waals surface area contributed by atoms with E-state index in [1.165, 1.54) is 6.20 Å². The second kappa shape index (κ2) is 4.83. The van der Waals surface area contributed by atoms with E-state index in [-0.39, 0.29) is 11.9 Å². The van der Waals surface area contributed by atoms with Crippen LogP contribution in [0.15, 0.2) is 48.8 Å². The van der Waals surface area contributed by atoms with Gasteiger partial charge in [-0.25, -0.2) is 9.82 Å². The van der Waals surface area contributed by atoms with Gasteiger partial charge in [-0.3, -0.25) is 10.8 Å². The van der Waals surface area contributed by atoms with Gasteiger partial charge < -0.3 is 0 Å². The van der Waals surface area contributed by atoms with Gasteiger partial charge in [-0.2, -0.15) is 0 Å². The number of hydrazine groups is 1. The highest BCUT2D eigenvalue weighted by molar-refractivity contribution is 5.30. The number of nitrogens with one attached hydrogen (secondary N) is 1. The predicted octanol–water partition coefficient (Wildman–Crippen LogP) is 1.77. The zero-order valence-corrected chi connectivity index (χ0v) is 8.60. The van der Waals surface area contributed by atoms with Gasteiger partial charge in [-0.05, 0) is 11.6 Å². The molecular formula is C12H12FN3. The fourth-order valence-corrected chi connectivity index (χ4v) is 1.63. The van der Waals surface area contributed by atoms with Gasteiger partial charge in [-0.15, -0.1) is 0 Å². The van der Waals surface area contributed by atoms with Crippen molar-refractivity contribution >= 4 is 0 Å². The Morgan fingerprint density at radius 3 is 2.56 bits per heavy atom. The Morgan fingerprint density at radius 1 is 1.19 bits per heavy atom. The summed E-state index contributed by atoms with van der Waals surface area (Å²) in [7, 11) is 0. The van der Waals surface area contributed by atoms with E-state index >= 15 is 0 Å². The van der Waals surface area contributed by atoms with E-state index in [4.69, 9.17) is 5.84 Å². The first-order valence-electron chi connectivity index (χ1n) is 4.93. The summed E-state index contributed by atoms with van der Waals surface area (Å²) in [5.74, 6) is 5.10. The van der Waals surface area contributed by atoms with Crippen LogP contribution in [0, 0.1) is 5.82 Å². The Labute approximate surface area is 93.1 Å². The maximum absolute atomic E-state index is 13.6. The van der Waals surface area contributed by atoms with E-state index < -0.39 is 0 Å². The van der Waals surface area contributed by atoms with Crippen LogP contribution in [-0.4, -0.2) is 4.98 Å². The number of hydrogen-bond donors (Lipinski definition) is 2. The van der Waals surface area contributed by atoms with Crippen LogP contribution in [0.2, 0.25) is 0 Å². The van der Waals surface area contributed by atoms with Crippen molar-refractivity contribution in [1.82, 2.24) is 10.4 Å². The molecule has 1 unspecified atom stereocenters. The summed E-state index contributed by atoms with van der Waals surface area (Å²) in [4.78, 5) is 3.71. The summed E-state index contributed by atoms with van der Waals surface area (Å²) < 4.78 is 13.6. The quantitative estimate of drug-likeness (QED) is 0.608. The normalized spacial score (nSPS) is 12.4. The van der Waals surface area contributed by atoms with Gasteiger partial charge in [0.2, 0.25) is 0 Å². The van der Waals surface area contributed by atoms with Gasteiger partial charge in [0, 0.05) is 11.8 Å². The Kier molecular flexibility index (Phi) is 3.24. The maximum atomic E-state index is 13.6. The molecule has 2 rings (SSSR count). The second-order valence-corrected chi connectivity index (χ2v) is 3.41. The molecule has 3 N–H and O–H groups in total. The first-order valence-corrected chi connectivity index (χ1v) is 4.93. The molecule has 0 aliphatic rings. The van der Waals surface area contributed by atoms with Crippen molar-refractivity contribution < 1.29 is 4.39 Å². The molecule has 1 aromatic carbocycles. The van der Waals surface area contributed by atoms with Crippen molar-refractivity contribution in [2.45, 2.75) is 6.04 Å². The summed E-state index contributed by atoms with van der Waals surface area (Å²) >= 11 is 0. The highest BCUT2D eigenvalue weighted by atomic mass is 19.1. The molecule has 2 aromatic rings. The standard InChI is InChI=1S/C12H12FN3/c13-11-8-15-7-6-10(11)12(16-14)9-4-2-1-3-5-9/h1-8,12,16H,14H2. The molecule has 4 heteroatoms. The van der Waals surface area contributed by atoms with Crippen LogP contribution < -0.4 is 11.3 Å². The third-order valence-electron chi connectivity index (χ3n) is 2.41. The number of nitrogens with two attached hydrogens (primary N) is 1. The summed E-state index contributed by atoms with van der Waals surface area (Å²) in [6.45, 7) is 0. The summed E-state index contributed by atoms with van der Waals surface area (Å²) in [6.07, 6.45) is 2.73. The minimum atomic E-state index is -0.366. The van der Waals surface area contributed by atoms with E-state index in [2.05, 4.69) is 10.4 Å². The van der Waals surface area contributed by atoms with E-state index in [1.54, 1.807) is 12.3 Å². The van der Waals surface area contributed by atoms with Crippen LogP contribution in [0.5, 0.6) is 0 Å². The lowest BCUT2D eigenvalue weighted by atomic mass is 10.00. The Balaban J connectivity index is 2.41. The molecule has 0 spiro atoms. The second-order valence-electron chi connectivity index (χ2n) is 3.41. The Bertz CT molecular complexity index is 459. The molecule has 0 bridgehead atoms. The molecule has 0 saturated carbocycles. The SMILES string of the molecule is NNC(c1ccccc1)c1ccncc1F. The highest BCUT2D eigenvalue weighted by Crippen LogP contribution is 2.22. The Morgan fingerprint density at radius 2 is 1.94 bits per heavy atom. The van der Waals surface area contributed by atoms with Crippen LogP contribution in [0.3, 0.4) is 0 Å². The van der Waals surface area contributed by atoms with Crippen molar-refractivity contribution in [2.75, 3.05) is 0 Å². The molecule has 1 heterocycles. The van der Waals surface area contributed by atoms with E-state index in [9.17, 15) is 4.39 Å². The molecule has 0 aliphatic heterocycles.